The first kappa shape index (κ1) is 82.5. The molecule has 4 nitrogen and oxygen atoms in total. The van der Waals surface area contributed by atoms with Crippen LogP contribution in [-0.2, 0) is 43.3 Å². The van der Waals surface area contributed by atoms with Gasteiger partial charge in [-0.15, -0.1) is 0 Å². The second kappa shape index (κ2) is 28.9. The predicted octanol–water partition coefficient (Wildman–Crippen LogP) is 32.5. The number of furan rings is 1. The summed E-state index contributed by atoms with van der Waals surface area (Å²) in [4.78, 5) is 5.57. The monoisotopic (exact) mass is 1690 g/mol. The molecule has 0 unspecified atom stereocenters. The van der Waals surface area contributed by atoms with Crippen molar-refractivity contribution in [2.75, 3.05) is 9.80 Å². The Hall–Kier alpha value is -13.2. The molecule has 0 amide bonds. The van der Waals surface area contributed by atoms with Crippen molar-refractivity contribution in [3.63, 3.8) is 0 Å². The van der Waals surface area contributed by atoms with E-state index in [0.29, 0.717) is 0 Å². The number of rotatable bonds is 8. The van der Waals surface area contributed by atoms with Gasteiger partial charge in [-0.05, 0) is 244 Å². The van der Waals surface area contributed by atoms with Crippen molar-refractivity contribution < 1.29 is 4.42 Å². The summed E-state index contributed by atoms with van der Waals surface area (Å²) in [6.45, 7) is 49.3. The van der Waals surface area contributed by atoms with Crippen molar-refractivity contribution in [3.05, 3.63) is 383 Å². The van der Waals surface area contributed by atoms with Crippen molar-refractivity contribution in [2.45, 2.75) is 189 Å². The summed E-state index contributed by atoms with van der Waals surface area (Å²) in [5.74, 6) is 0. The van der Waals surface area contributed by atoms with Gasteiger partial charge in [0.2, 0.25) is 0 Å². The van der Waals surface area contributed by atoms with Gasteiger partial charge in [0.15, 0.2) is 0 Å². The molecule has 0 N–H and O–H groups in total. The molecule has 0 radical (unpaired) electrons. The maximum Gasteiger partial charge on any atom is 0.252 e. The molecule has 0 atom stereocenters. The van der Waals surface area contributed by atoms with Crippen LogP contribution in [0.5, 0.6) is 0 Å². The van der Waals surface area contributed by atoms with E-state index in [2.05, 4.69) is 481 Å². The van der Waals surface area contributed by atoms with E-state index >= 15 is 0 Å². The lowest BCUT2D eigenvalue weighted by atomic mass is 9.33. The lowest BCUT2D eigenvalue weighted by molar-refractivity contribution is 0.589. The van der Waals surface area contributed by atoms with Crippen LogP contribution < -0.4 is 26.2 Å². The van der Waals surface area contributed by atoms with Crippen LogP contribution in [0.3, 0.4) is 0 Å². The highest BCUT2D eigenvalue weighted by atomic mass is 16.3. The molecule has 0 saturated heterocycles. The third-order valence-electron chi connectivity index (χ3n) is 29.3. The molecule has 4 heterocycles. The highest BCUT2D eigenvalue weighted by Gasteiger charge is 2.53. The molecule has 0 fully saturated rings. The SMILES string of the molecule is CC(C)(C)c1ccc(-c2cc(C(C)(C)C)cc(-c3ccc(C(C)(C)C)cc3)c2N2c3ccc(-c4cccc5c4oc4ccccc45)cc3B3c4ccc(-n5c6ccccc6c6cc7c(cc65)C5(c6ccccc6-c6ccccc65)c5ccccc5-7)cc4N(c4c(-c5ccc(C(C)(C)C)cc5)cc(C(C)(C)C)cc4-c4ccc(C(C)(C)C)cc4)c4cc(C(C)(C)C)cc2c43)cc1. The van der Waals surface area contributed by atoms with Gasteiger partial charge in [-0.1, -0.05) is 388 Å². The minimum Gasteiger partial charge on any atom is -0.455 e. The second-order valence-electron chi connectivity index (χ2n) is 44.9. The molecule has 2 aromatic heterocycles. The van der Waals surface area contributed by atoms with E-state index in [1.165, 1.54) is 122 Å². The quantitative estimate of drug-likeness (QED) is 0.142. The van der Waals surface area contributed by atoms with Crippen molar-refractivity contribution in [1.29, 1.82) is 0 Å². The van der Waals surface area contributed by atoms with Gasteiger partial charge in [-0.3, -0.25) is 0 Å². The Labute approximate surface area is 769 Å². The van der Waals surface area contributed by atoms with Gasteiger partial charge in [-0.2, -0.15) is 0 Å². The molecule has 4 aliphatic rings. The zero-order valence-corrected chi connectivity index (χ0v) is 79.4. The minimum atomic E-state index is -0.573. The first-order valence-electron chi connectivity index (χ1n) is 47.0. The molecule has 2 aliphatic heterocycles. The van der Waals surface area contributed by atoms with Crippen LogP contribution in [0, 0.1) is 0 Å². The summed E-state index contributed by atoms with van der Waals surface area (Å²) in [5.41, 5.74) is 44.5. The molecule has 16 aromatic carbocycles. The van der Waals surface area contributed by atoms with Crippen LogP contribution in [-0.4, -0.2) is 11.3 Å². The smallest absolute Gasteiger partial charge is 0.252 e. The maximum absolute atomic E-state index is 7.16. The van der Waals surface area contributed by atoms with E-state index < -0.39 is 10.8 Å². The van der Waals surface area contributed by atoms with Gasteiger partial charge < -0.3 is 18.8 Å². The minimum absolute atomic E-state index is 0.0794. The van der Waals surface area contributed by atoms with Crippen molar-refractivity contribution >= 4 is 101 Å². The number of nitrogens with zero attached hydrogens (tertiary/aromatic N) is 3. The van der Waals surface area contributed by atoms with Crippen molar-refractivity contribution in [3.8, 4) is 83.6 Å². The third kappa shape index (κ3) is 12.9. The van der Waals surface area contributed by atoms with E-state index in [-0.39, 0.29) is 39.2 Å². The zero-order valence-electron chi connectivity index (χ0n) is 79.4. The molecule has 5 heteroatoms. The van der Waals surface area contributed by atoms with E-state index in [1.807, 2.05) is 0 Å². The molecule has 2 aliphatic carbocycles. The molecular formula is C125H116BN3O. The van der Waals surface area contributed by atoms with E-state index in [4.69, 9.17) is 4.42 Å². The molecule has 130 heavy (non-hydrogen) atoms. The molecule has 18 aromatic rings. The normalized spacial score (nSPS) is 14.1. The summed E-state index contributed by atoms with van der Waals surface area (Å²) in [6, 6.07) is 127. The van der Waals surface area contributed by atoms with Gasteiger partial charge in [0.25, 0.3) is 6.71 Å². The first-order valence-corrected chi connectivity index (χ1v) is 47.0. The Morgan fingerprint density at radius 3 is 1.08 bits per heavy atom. The summed E-state index contributed by atoms with van der Waals surface area (Å²) in [5, 5.41) is 4.64. The lowest BCUT2D eigenvalue weighted by Gasteiger charge is -2.47. The number of fused-ring (bicyclic) bond motifs is 20. The van der Waals surface area contributed by atoms with Gasteiger partial charge in [0, 0.05) is 77.8 Å². The fourth-order valence-electron chi connectivity index (χ4n) is 22.1. The van der Waals surface area contributed by atoms with Gasteiger partial charge in [-0.25, -0.2) is 0 Å². The summed E-state index contributed by atoms with van der Waals surface area (Å²) in [7, 11) is 0. The van der Waals surface area contributed by atoms with Crippen LogP contribution >= 0.6 is 0 Å². The lowest BCUT2D eigenvalue weighted by Crippen LogP contribution is -2.61. The molecule has 0 saturated carbocycles. The van der Waals surface area contributed by atoms with Crippen LogP contribution in [0.4, 0.5) is 34.1 Å². The Bertz CT molecular complexity index is 7520. The standard InChI is InChI=1S/C125H116BN3O/c1-118(2,3)80-54-45-75(46-55-80)95-66-84(122(13,14)15)67-96(76-47-56-81(57-48-76)119(4,5)6)115(95)128-108-64-53-79(88-38-32-39-94-93-37-26-31-44-113(93)130-117(88)94)65-106(108)126-105-63-62-87(127-107-43-30-25-36-92(107)100-73-99-91-35-24-29-42-103(91)125(104(99)74-109(100)127)101-40-27-22-33-89(101)90-34-23-28-41-102(90)125)72-110(105)129(112-71-86(124(19,20)21)70-111(128)114(112)126)116-97(77-49-58-82(59-50-77)120(7,8)9)68-85(123(16,17)18)69-98(116)78-51-60-83(61-52-78)121(10,11)12/h22-74H,1-21H3. The van der Waals surface area contributed by atoms with Gasteiger partial charge >= 0.3 is 0 Å². The molecular weight excluding hydrogens is 1570 g/mol. The number of hydrogen-bond acceptors (Lipinski definition) is 3. The summed E-state index contributed by atoms with van der Waals surface area (Å²) in [6.07, 6.45) is 0. The molecule has 22 rings (SSSR count). The topological polar surface area (TPSA) is 24.6 Å². The molecule has 640 valence electrons. The number of benzene rings is 16. The predicted molar refractivity (Wildman–Crippen MR) is 556 cm³/mol. The fraction of sp³-hybridized carbons (Fsp3) is 0.232. The van der Waals surface area contributed by atoms with Gasteiger partial charge in [0.1, 0.15) is 11.2 Å². The number of hydrogen-bond donors (Lipinski definition) is 0. The van der Waals surface area contributed by atoms with E-state index in [0.717, 1.165) is 117 Å². The Kier molecular flexibility index (Phi) is 18.3. The molecule has 1 spiro atoms. The number of aromatic nitrogens is 1. The van der Waals surface area contributed by atoms with E-state index in [9.17, 15) is 0 Å². The van der Waals surface area contributed by atoms with Crippen molar-refractivity contribution in [2.24, 2.45) is 0 Å². The van der Waals surface area contributed by atoms with Crippen LogP contribution in [0.25, 0.3) is 127 Å². The average Bonchev–Trinajstić information content (AvgIpc) is 1.52. The Morgan fingerprint density at radius 2 is 0.623 bits per heavy atom. The van der Waals surface area contributed by atoms with E-state index in [1.54, 1.807) is 0 Å². The van der Waals surface area contributed by atoms with Crippen LogP contribution in [0.15, 0.2) is 326 Å². The largest absolute Gasteiger partial charge is 0.455 e. The third-order valence-corrected chi connectivity index (χ3v) is 29.3. The van der Waals surface area contributed by atoms with Gasteiger partial charge in [0.05, 0.1) is 27.8 Å². The molecule has 0 bridgehead atoms. The fourth-order valence-corrected chi connectivity index (χ4v) is 22.1. The summed E-state index contributed by atoms with van der Waals surface area (Å²) >= 11 is 0. The second-order valence-corrected chi connectivity index (χ2v) is 44.9. The zero-order chi connectivity index (χ0) is 90.3. The van der Waals surface area contributed by atoms with Crippen LogP contribution in [0.1, 0.15) is 207 Å². The van der Waals surface area contributed by atoms with Crippen LogP contribution in [0.2, 0.25) is 0 Å². The summed E-state index contributed by atoms with van der Waals surface area (Å²) < 4.78 is 9.80. The number of para-hydroxylation sites is 3. The number of anilines is 6. The highest BCUT2D eigenvalue weighted by Crippen LogP contribution is 2.65. The highest BCUT2D eigenvalue weighted by molar-refractivity contribution is 7.00. The first-order chi connectivity index (χ1) is 61.9. The Morgan fingerprint density at radius 1 is 0.238 bits per heavy atom. The maximum atomic E-state index is 7.16. The van der Waals surface area contributed by atoms with Crippen molar-refractivity contribution in [1.82, 2.24) is 4.57 Å². The Balaban J connectivity index is 0.915. The average molecular weight is 1690 g/mol.